The molecule has 0 atom stereocenters. The second kappa shape index (κ2) is 12.1. The molecular weight excluding hydrogens is 470 g/mol. The van der Waals surface area contributed by atoms with Gasteiger partial charge in [-0.3, -0.25) is 25.8 Å². The normalized spacial score (nSPS) is 10.1. The van der Waals surface area contributed by atoms with Gasteiger partial charge in [-0.1, -0.05) is 19.8 Å². The molecule has 0 unspecified atom stereocenters. The van der Waals surface area contributed by atoms with E-state index >= 15 is 0 Å². The van der Waals surface area contributed by atoms with Crippen LogP contribution in [0.3, 0.4) is 0 Å². The highest BCUT2D eigenvalue weighted by atomic mass is 79.9. The number of amides is 2. The van der Waals surface area contributed by atoms with Gasteiger partial charge in [0.1, 0.15) is 11.5 Å². The lowest BCUT2D eigenvalue weighted by Gasteiger charge is -2.12. The van der Waals surface area contributed by atoms with E-state index in [1.165, 1.54) is 7.11 Å². The number of rotatable bonds is 8. The SMILES string of the molecule is CCCCCOc1ccc(C(=O)NC(=S)NNC(=O)c2ccc(OC)c(Br)c2)cc1. The average molecular weight is 494 g/mol. The first-order chi connectivity index (χ1) is 14.4. The van der Waals surface area contributed by atoms with Crippen molar-refractivity contribution >= 4 is 45.1 Å². The molecular formula is C21H24BrN3O4S. The van der Waals surface area contributed by atoms with Gasteiger partial charge in [0, 0.05) is 11.1 Å². The molecule has 2 amide bonds. The molecule has 7 nitrogen and oxygen atoms in total. The lowest BCUT2D eigenvalue weighted by atomic mass is 10.2. The van der Waals surface area contributed by atoms with Crippen LogP contribution in [-0.4, -0.2) is 30.6 Å². The fraction of sp³-hybridized carbons (Fsp3) is 0.286. The molecule has 0 aliphatic rings. The van der Waals surface area contributed by atoms with Crippen molar-refractivity contribution < 1.29 is 19.1 Å². The van der Waals surface area contributed by atoms with Crippen molar-refractivity contribution in [2.75, 3.05) is 13.7 Å². The third-order valence-electron chi connectivity index (χ3n) is 4.06. The molecule has 2 rings (SSSR count). The number of nitrogens with one attached hydrogen (secondary N) is 3. The summed E-state index contributed by atoms with van der Waals surface area (Å²) in [6, 6.07) is 11.7. The second-order valence-corrected chi connectivity index (χ2v) is 7.55. The van der Waals surface area contributed by atoms with Gasteiger partial charge in [-0.25, -0.2) is 0 Å². The van der Waals surface area contributed by atoms with Crippen molar-refractivity contribution in [2.45, 2.75) is 26.2 Å². The van der Waals surface area contributed by atoms with Gasteiger partial charge >= 0.3 is 0 Å². The van der Waals surface area contributed by atoms with Crippen molar-refractivity contribution in [1.29, 1.82) is 0 Å². The Morgan fingerprint density at radius 3 is 2.33 bits per heavy atom. The molecule has 0 fully saturated rings. The molecule has 2 aromatic rings. The molecule has 0 aliphatic carbocycles. The van der Waals surface area contributed by atoms with Gasteiger partial charge < -0.3 is 9.47 Å². The molecule has 0 radical (unpaired) electrons. The highest BCUT2D eigenvalue weighted by molar-refractivity contribution is 9.10. The van der Waals surface area contributed by atoms with Crippen LogP contribution in [0.1, 0.15) is 46.9 Å². The first kappa shape index (κ1) is 23.6. The summed E-state index contributed by atoms with van der Waals surface area (Å²) in [6.07, 6.45) is 3.25. The molecule has 0 aliphatic heterocycles. The molecule has 30 heavy (non-hydrogen) atoms. The van der Waals surface area contributed by atoms with Crippen molar-refractivity contribution in [3.63, 3.8) is 0 Å². The van der Waals surface area contributed by atoms with E-state index in [1.54, 1.807) is 42.5 Å². The minimum Gasteiger partial charge on any atom is -0.496 e. The lowest BCUT2D eigenvalue weighted by Crippen LogP contribution is -2.48. The summed E-state index contributed by atoms with van der Waals surface area (Å²) in [5, 5.41) is 2.48. The molecule has 2 aromatic carbocycles. The zero-order valence-corrected chi connectivity index (χ0v) is 19.2. The topological polar surface area (TPSA) is 88.7 Å². The Hall–Kier alpha value is -2.65. The molecule has 0 spiro atoms. The van der Waals surface area contributed by atoms with Crippen molar-refractivity contribution in [2.24, 2.45) is 0 Å². The summed E-state index contributed by atoms with van der Waals surface area (Å²) < 4.78 is 11.4. The number of ether oxygens (including phenoxy) is 2. The predicted molar refractivity (Wildman–Crippen MR) is 123 cm³/mol. The molecule has 0 heterocycles. The second-order valence-electron chi connectivity index (χ2n) is 6.29. The van der Waals surface area contributed by atoms with Crippen molar-refractivity contribution in [3.8, 4) is 11.5 Å². The number of halogens is 1. The third-order valence-corrected chi connectivity index (χ3v) is 4.89. The first-order valence-corrected chi connectivity index (χ1v) is 10.6. The first-order valence-electron chi connectivity index (χ1n) is 9.42. The largest absolute Gasteiger partial charge is 0.496 e. The van der Waals surface area contributed by atoms with E-state index in [0.717, 1.165) is 19.3 Å². The van der Waals surface area contributed by atoms with E-state index in [4.69, 9.17) is 21.7 Å². The van der Waals surface area contributed by atoms with E-state index in [9.17, 15) is 9.59 Å². The summed E-state index contributed by atoms with van der Waals surface area (Å²) in [5.74, 6) is 0.506. The van der Waals surface area contributed by atoms with E-state index in [-0.39, 0.29) is 5.11 Å². The highest BCUT2D eigenvalue weighted by Crippen LogP contribution is 2.25. The maximum absolute atomic E-state index is 12.3. The van der Waals surface area contributed by atoms with Crippen LogP contribution in [0.2, 0.25) is 0 Å². The standard InChI is InChI=1S/C21H24BrN3O4S/c1-3-4-5-12-29-16-9-6-14(7-10-16)19(26)23-21(30)25-24-20(27)15-8-11-18(28-2)17(22)13-15/h6-11,13H,3-5,12H2,1-2H3,(H,24,27)(H2,23,25,26,30). The average Bonchev–Trinajstić information content (AvgIpc) is 2.75. The van der Waals surface area contributed by atoms with E-state index < -0.39 is 11.8 Å². The molecule has 0 bridgehead atoms. The van der Waals surface area contributed by atoms with Gasteiger partial charge in [0.05, 0.1) is 18.2 Å². The van der Waals surface area contributed by atoms with E-state index in [2.05, 4.69) is 39.0 Å². The van der Waals surface area contributed by atoms with Crippen LogP contribution in [0.15, 0.2) is 46.9 Å². The summed E-state index contributed by atoms with van der Waals surface area (Å²) >= 11 is 8.38. The summed E-state index contributed by atoms with van der Waals surface area (Å²) in [6.45, 7) is 2.79. The number of unbranched alkanes of at least 4 members (excludes halogenated alkanes) is 2. The van der Waals surface area contributed by atoms with Gasteiger partial charge in [0.25, 0.3) is 11.8 Å². The number of hydrogen-bond acceptors (Lipinski definition) is 5. The van der Waals surface area contributed by atoms with Crippen LogP contribution in [0.4, 0.5) is 0 Å². The van der Waals surface area contributed by atoms with E-state index in [1.807, 2.05) is 0 Å². The Morgan fingerprint density at radius 2 is 1.70 bits per heavy atom. The Labute approximate surface area is 189 Å². The predicted octanol–water partition coefficient (Wildman–Crippen LogP) is 3.98. The molecule has 0 aromatic heterocycles. The van der Waals surface area contributed by atoms with Crippen LogP contribution in [0.25, 0.3) is 0 Å². The highest BCUT2D eigenvalue weighted by Gasteiger charge is 2.11. The van der Waals surface area contributed by atoms with Crippen molar-refractivity contribution in [3.05, 3.63) is 58.1 Å². The summed E-state index contributed by atoms with van der Waals surface area (Å²) in [4.78, 5) is 24.5. The fourth-order valence-corrected chi connectivity index (χ4v) is 3.13. The van der Waals surface area contributed by atoms with Crippen LogP contribution in [-0.2, 0) is 0 Å². The van der Waals surface area contributed by atoms with Crippen LogP contribution < -0.4 is 25.6 Å². The van der Waals surface area contributed by atoms with Crippen molar-refractivity contribution in [1.82, 2.24) is 16.2 Å². The zero-order chi connectivity index (χ0) is 21.9. The third kappa shape index (κ3) is 7.31. The van der Waals surface area contributed by atoms with Gasteiger partial charge in [0.15, 0.2) is 5.11 Å². The maximum Gasteiger partial charge on any atom is 0.269 e. The Bertz CT molecular complexity index is 890. The van der Waals surface area contributed by atoms with Crippen LogP contribution in [0.5, 0.6) is 11.5 Å². The number of methoxy groups -OCH3 is 1. The lowest BCUT2D eigenvalue weighted by molar-refractivity contribution is 0.0934. The molecule has 160 valence electrons. The molecule has 0 saturated carbocycles. The smallest absolute Gasteiger partial charge is 0.269 e. The Morgan fingerprint density at radius 1 is 1.00 bits per heavy atom. The fourth-order valence-electron chi connectivity index (χ4n) is 2.44. The Kier molecular flexibility index (Phi) is 9.56. The minimum atomic E-state index is -0.417. The molecule has 0 saturated heterocycles. The van der Waals surface area contributed by atoms with E-state index in [0.29, 0.717) is 33.7 Å². The van der Waals surface area contributed by atoms with Gasteiger partial charge in [-0.15, -0.1) is 0 Å². The monoisotopic (exact) mass is 493 g/mol. The Balaban J connectivity index is 1.80. The van der Waals surface area contributed by atoms with Gasteiger partial charge in [-0.2, -0.15) is 0 Å². The molecule has 3 N–H and O–H groups in total. The number of thiocarbonyl (C=S) groups is 1. The number of benzene rings is 2. The maximum atomic E-state index is 12.3. The zero-order valence-electron chi connectivity index (χ0n) is 16.8. The number of hydrogen-bond donors (Lipinski definition) is 3. The number of hydrazine groups is 1. The van der Waals surface area contributed by atoms with Gasteiger partial charge in [-0.05, 0) is 77.0 Å². The quantitative estimate of drug-likeness (QED) is 0.293. The number of carbonyl (C=O) groups excluding carboxylic acids is 2. The summed E-state index contributed by atoms with van der Waals surface area (Å²) in [7, 11) is 1.54. The molecule has 9 heteroatoms. The van der Waals surface area contributed by atoms with Crippen LogP contribution in [0, 0.1) is 0 Å². The number of carbonyl (C=O) groups is 2. The minimum absolute atomic E-state index is 0.0270. The van der Waals surface area contributed by atoms with Gasteiger partial charge in [0.2, 0.25) is 0 Å². The van der Waals surface area contributed by atoms with Crippen LogP contribution >= 0.6 is 28.1 Å². The summed E-state index contributed by atoms with van der Waals surface area (Å²) in [5.41, 5.74) is 5.76.